The fraction of sp³-hybridized carbons (Fsp3) is 0.548. The van der Waals surface area contributed by atoms with Crippen molar-refractivity contribution in [1.29, 1.82) is 0 Å². The standard InChI is InChI=1S/C31H45N3O3/c1-5-6-7-8-9-10-19-34-24(2)30(35)33(3)29(31(34)36)22-25-14-16-27(17-15-25)28-13-11-12-26(21-28)23-32-18-20-37-4/h11-17,21,24,29,32H,5-10,18-20,22-23H2,1-4H3/t24-,29-/m0/s1. The fourth-order valence-corrected chi connectivity index (χ4v) is 5.04. The summed E-state index contributed by atoms with van der Waals surface area (Å²) in [5.41, 5.74) is 4.59. The molecule has 6 heteroatoms. The van der Waals surface area contributed by atoms with Gasteiger partial charge in [0.1, 0.15) is 12.1 Å². The predicted octanol–water partition coefficient (Wildman–Crippen LogP) is 5.05. The molecule has 6 nitrogen and oxygen atoms in total. The van der Waals surface area contributed by atoms with Gasteiger partial charge in [-0.25, -0.2) is 0 Å². The Labute approximate surface area is 223 Å². The van der Waals surface area contributed by atoms with E-state index in [0.29, 0.717) is 19.6 Å². The second-order valence-electron chi connectivity index (χ2n) is 10.2. The third-order valence-electron chi connectivity index (χ3n) is 7.42. The molecule has 0 bridgehead atoms. The highest BCUT2D eigenvalue weighted by Crippen LogP contribution is 2.24. The Hall–Kier alpha value is -2.70. The van der Waals surface area contributed by atoms with Gasteiger partial charge in [0.25, 0.3) is 0 Å². The maximum Gasteiger partial charge on any atom is 0.246 e. The number of hydrogen-bond acceptors (Lipinski definition) is 4. The van der Waals surface area contributed by atoms with E-state index in [-0.39, 0.29) is 17.9 Å². The summed E-state index contributed by atoms with van der Waals surface area (Å²) in [7, 11) is 3.48. The summed E-state index contributed by atoms with van der Waals surface area (Å²) in [4.78, 5) is 29.9. The van der Waals surface area contributed by atoms with Crippen molar-refractivity contribution in [2.75, 3.05) is 33.9 Å². The Kier molecular flexibility index (Phi) is 11.6. The molecular formula is C31H45N3O3. The topological polar surface area (TPSA) is 61.9 Å². The number of likely N-dealkylation sites (N-methyl/N-ethyl adjacent to an activating group) is 1. The van der Waals surface area contributed by atoms with Crippen LogP contribution in [0.3, 0.4) is 0 Å². The van der Waals surface area contributed by atoms with Gasteiger partial charge in [-0.1, -0.05) is 81.5 Å². The maximum absolute atomic E-state index is 13.4. The number of amides is 2. The number of nitrogens with one attached hydrogen (secondary N) is 1. The number of methoxy groups -OCH3 is 1. The van der Waals surface area contributed by atoms with Gasteiger partial charge in [0.15, 0.2) is 0 Å². The first-order valence-corrected chi connectivity index (χ1v) is 13.9. The third-order valence-corrected chi connectivity index (χ3v) is 7.42. The average molecular weight is 508 g/mol. The number of benzene rings is 2. The van der Waals surface area contributed by atoms with E-state index in [2.05, 4.69) is 60.8 Å². The monoisotopic (exact) mass is 507 g/mol. The fourth-order valence-electron chi connectivity index (χ4n) is 5.04. The summed E-state index contributed by atoms with van der Waals surface area (Å²) >= 11 is 0. The normalized spacial score (nSPS) is 18.1. The van der Waals surface area contributed by atoms with Crippen LogP contribution in [0.4, 0.5) is 0 Å². The van der Waals surface area contributed by atoms with Gasteiger partial charge in [-0.05, 0) is 41.7 Å². The molecule has 1 N–H and O–H groups in total. The van der Waals surface area contributed by atoms with E-state index < -0.39 is 6.04 Å². The van der Waals surface area contributed by atoms with Crippen LogP contribution in [0.2, 0.25) is 0 Å². The minimum absolute atomic E-state index is 0.0307. The highest BCUT2D eigenvalue weighted by molar-refractivity contribution is 5.96. The van der Waals surface area contributed by atoms with E-state index in [0.717, 1.165) is 42.6 Å². The predicted molar refractivity (Wildman–Crippen MR) is 150 cm³/mol. The van der Waals surface area contributed by atoms with Crippen LogP contribution in [-0.4, -0.2) is 67.6 Å². The molecule has 0 aromatic heterocycles. The van der Waals surface area contributed by atoms with Crippen molar-refractivity contribution in [3.63, 3.8) is 0 Å². The Morgan fingerprint density at radius 2 is 1.62 bits per heavy atom. The molecule has 1 aliphatic rings. The first kappa shape index (κ1) is 28.9. The van der Waals surface area contributed by atoms with Gasteiger partial charge < -0.3 is 19.9 Å². The summed E-state index contributed by atoms with van der Waals surface area (Å²) in [6.07, 6.45) is 7.53. The summed E-state index contributed by atoms with van der Waals surface area (Å²) in [5, 5.41) is 3.39. The molecule has 2 amide bonds. The lowest BCUT2D eigenvalue weighted by atomic mass is 9.96. The quantitative estimate of drug-likeness (QED) is 0.343. The molecule has 3 rings (SSSR count). The highest BCUT2D eigenvalue weighted by atomic mass is 16.5. The molecule has 1 fully saturated rings. The summed E-state index contributed by atoms with van der Waals surface area (Å²) in [6, 6.07) is 16.1. The molecule has 2 aromatic rings. The number of rotatable bonds is 15. The minimum atomic E-state index is -0.448. The largest absolute Gasteiger partial charge is 0.383 e. The van der Waals surface area contributed by atoms with Gasteiger partial charge in [-0.15, -0.1) is 0 Å². The van der Waals surface area contributed by atoms with Crippen molar-refractivity contribution in [2.24, 2.45) is 0 Å². The zero-order valence-electron chi connectivity index (χ0n) is 23.2. The Morgan fingerprint density at radius 3 is 2.35 bits per heavy atom. The van der Waals surface area contributed by atoms with Crippen molar-refractivity contribution < 1.29 is 14.3 Å². The Bertz CT molecular complexity index is 991. The van der Waals surface area contributed by atoms with E-state index in [1.807, 2.05) is 11.8 Å². The molecule has 0 radical (unpaired) electrons. The Morgan fingerprint density at radius 1 is 0.892 bits per heavy atom. The number of carbonyl (C=O) groups excluding carboxylic acids is 2. The average Bonchev–Trinajstić information content (AvgIpc) is 2.92. The first-order chi connectivity index (χ1) is 18.0. The molecular weight excluding hydrogens is 462 g/mol. The number of unbranched alkanes of at least 4 members (excludes halogenated alkanes) is 5. The summed E-state index contributed by atoms with van der Waals surface area (Å²) < 4.78 is 5.09. The molecule has 0 saturated carbocycles. The van der Waals surface area contributed by atoms with Gasteiger partial charge >= 0.3 is 0 Å². The van der Waals surface area contributed by atoms with Crippen LogP contribution in [0.5, 0.6) is 0 Å². The van der Waals surface area contributed by atoms with Gasteiger partial charge in [-0.2, -0.15) is 0 Å². The molecule has 1 saturated heterocycles. The van der Waals surface area contributed by atoms with Crippen LogP contribution in [0.1, 0.15) is 63.5 Å². The summed E-state index contributed by atoms with van der Waals surface area (Å²) in [5.74, 6) is 0.101. The molecule has 1 heterocycles. The number of carbonyl (C=O) groups is 2. The van der Waals surface area contributed by atoms with Crippen LogP contribution < -0.4 is 5.32 Å². The molecule has 2 atom stereocenters. The van der Waals surface area contributed by atoms with Crippen LogP contribution in [0.15, 0.2) is 48.5 Å². The van der Waals surface area contributed by atoms with Gasteiger partial charge in [0.05, 0.1) is 6.61 Å². The molecule has 1 aliphatic heterocycles. The second-order valence-corrected chi connectivity index (χ2v) is 10.2. The minimum Gasteiger partial charge on any atom is -0.383 e. The van der Waals surface area contributed by atoms with E-state index in [9.17, 15) is 9.59 Å². The van der Waals surface area contributed by atoms with Gasteiger partial charge in [0, 0.05) is 40.2 Å². The van der Waals surface area contributed by atoms with Crippen molar-refractivity contribution in [3.8, 4) is 11.1 Å². The zero-order chi connectivity index (χ0) is 26.6. The third kappa shape index (κ3) is 8.14. The van der Waals surface area contributed by atoms with Crippen LogP contribution in [0.25, 0.3) is 11.1 Å². The lowest BCUT2D eigenvalue weighted by molar-refractivity contribution is -0.159. The molecule has 37 heavy (non-hydrogen) atoms. The molecule has 0 unspecified atom stereocenters. The smallest absolute Gasteiger partial charge is 0.246 e. The van der Waals surface area contributed by atoms with Crippen LogP contribution >= 0.6 is 0 Å². The SMILES string of the molecule is CCCCCCCCN1C(=O)[C@H](Cc2ccc(-c3cccc(CNCCOC)c3)cc2)N(C)C(=O)[C@@H]1C. The molecule has 0 aliphatic carbocycles. The second kappa shape index (κ2) is 14.9. The molecule has 0 spiro atoms. The zero-order valence-corrected chi connectivity index (χ0v) is 23.2. The number of ether oxygens (including phenoxy) is 1. The lowest BCUT2D eigenvalue weighted by Gasteiger charge is -2.42. The van der Waals surface area contributed by atoms with Crippen molar-refractivity contribution >= 4 is 11.8 Å². The van der Waals surface area contributed by atoms with Crippen molar-refractivity contribution in [2.45, 2.75) is 77.4 Å². The van der Waals surface area contributed by atoms with E-state index in [1.165, 1.54) is 31.2 Å². The van der Waals surface area contributed by atoms with Crippen molar-refractivity contribution in [3.05, 3.63) is 59.7 Å². The van der Waals surface area contributed by atoms with Crippen LogP contribution in [-0.2, 0) is 27.3 Å². The van der Waals surface area contributed by atoms with E-state index in [4.69, 9.17) is 4.74 Å². The molecule has 202 valence electrons. The number of nitrogens with zero attached hydrogens (tertiary/aromatic N) is 2. The lowest BCUT2D eigenvalue weighted by Crippen LogP contribution is -2.63. The van der Waals surface area contributed by atoms with Crippen molar-refractivity contribution in [1.82, 2.24) is 15.1 Å². The van der Waals surface area contributed by atoms with E-state index >= 15 is 0 Å². The van der Waals surface area contributed by atoms with E-state index in [1.54, 1.807) is 19.1 Å². The Balaban J connectivity index is 1.61. The number of piperazine rings is 1. The highest BCUT2D eigenvalue weighted by Gasteiger charge is 2.41. The van der Waals surface area contributed by atoms with Gasteiger partial charge in [0.2, 0.25) is 11.8 Å². The maximum atomic E-state index is 13.4. The first-order valence-electron chi connectivity index (χ1n) is 13.9. The van der Waals surface area contributed by atoms with Crippen LogP contribution in [0, 0.1) is 0 Å². The molecule has 2 aromatic carbocycles. The van der Waals surface area contributed by atoms with Gasteiger partial charge in [-0.3, -0.25) is 9.59 Å². The number of hydrogen-bond donors (Lipinski definition) is 1. The summed E-state index contributed by atoms with van der Waals surface area (Å²) in [6.45, 7) is 7.06.